The van der Waals surface area contributed by atoms with E-state index in [-0.39, 0.29) is 5.78 Å². The number of carbonyl (C=O) groups excluding carboxylic acids is 1. The van der Waals surface area contributed by atoms with Gasteiger partial charge in [0.15, 0.2) is 5.78 Å². The molecule has 0 heterocycles. The van der Waals surface area contributed by atoms with Gasteiger partial charge in [0.2, 0.25) is 0 Å². The molecule has 3 nitrogen and oxygen atoms in total. The number of aryl methyl sites for hydroxylation is 1. The molecule has 0 unspecified atom stereocenters. The van der Waals surface area contributed by atoms with Gasteiger partial charge in [0.1, 0.15) is 5.75 Å². The van der Waals surface area contributed by atoms with Crippen molar-refractivity contribution in [3.63, 3.8) is 0 Å². The zero-order valence-corrected chi connectivity index (χ0v) is 9.62. The van der Waals surface area contributed by atoms with Crippen molar-refractivity contribution in [3.05, 3.63) is 29.3 Å². The number of benzene rings is 1. The number of ether oxygens (including phenoxy) is 1. The second kappa shape index (κ2) is 5.92. The second-order valence-electron chi connectivity index (χ2n) is 3.65. The van der Waals surface area contributed by atoms with Gasteiger partial charge in [0.25, 0.3) is 0 Å². The van der Waals surface area contributed by atoms with Gasteiger partial charge >= 0.3 is 0 Å². The Morgan fingerprint density at radius 1 is 1.50 bits per heavy atom. The SMILES string of the molecule is CC(=O)c1ccc(OCCCC#N)c(C)c1. The number of hydrogen-bond acceptors (Lipinski definition) is 3. The first-order chi connectivity index (χ1) is 7.65. The predicted molar refractivity (Wildman–Crippen MR) is 61.5 cm³/mol. The van der Waals surface area contributed by atoms with Gasteiger partial charge in [-0.05, 0) is 44.0 Å². The van der Waals surface area contributed by atoms with Crippen LogP contribution in [0.2, 0.25) is 0 Å². The first-order valence-corrected chi connectivity index (χ1v) is 5.26. The highest BCUT2D eigenvalue weighted by Crippen LogP contribution is 2.19. The molecule has 0 bridgehead atoms. The first-order valence-electron chi connectivity index (χ1n) is 5.26. The zero-order chi connectivity index (χ0) is 12.0. The zero-order valence-electron chi connectivity index (χ0n) is 9.62. The number of carbonyl (C=O) groups is 1. The predicted octanol–water partition coefficient (Wildman–Crippen LogP) is 2.88. The van der Waals surface area contributed by atoms with Crippen LogP contribution in [0, 0.1) is 18.3 Å². The Hall–Kier alpha value is -1.82. The average Bonchev–Trinajstić information content (AvgIpc) is 2.26. The number of nitrogens with zero attached hydrogens (tertiary/aromatic N) is 1. The fourth-order valence-electron chi connectivity index (χ4n) is 1.36. The lowest BCUT2D eigenvalue weighted by atomic mass is 10.1. The summed E-state index contributed by atoms with van der Waals surface area (Å²) in [6.45, 7) is 3.99. The average molecular weight is 217 g/mol. The molecule has 0 aliphatic rings. The molecule has 0 fully saturated rings. The maximum atomic E-state index is 11.1. The van der Waals surface area contributed by atoms with Gasteiger partial charge < -0.3 is 4.74 Å². The summed E-state index contributed by atoms with van der Waals surface area (Å²) >= 11 is 0. The molecule has 0 aliphatic carbocycles. The molecular formula is C13H15NO2. The lowest BCUT2D eigenvalue weighted by molar-refractivity contribution is 0.101. The van der Waals surface area contributed by atoms with Crippen LogP contribution in [0.15, 0.2) is 18.2 Å². The van der Waals surface area contributed by atoms with Crippen molar-refractivity contribution in [1.82, 2.24) is 0 Å². The molecule has 0 saturated heterocycles. The molecule has 0 N–H and O–H groups in total. The smallest absolute Gasteiger partial charge is 0.159 e. The number of ketones is 1. The van der Waals surface area contributed by atoms with E-state index < -0.39 is 0 Å². The maximum Gasteiger partial charge on any atom is 0.159 e. The van der Waals surface area contributed by atoms with E-state index in [0.717, 1.165) is 17.7 Å². The van der Waals surface area contributed by atoms with Crippen molar-refractivity contribution in [2.75, 3.05) is 6.61 Å². The van der Waals surface area contributed by atoms with Crippen LogP contribution in [-0.4, -0.2) is 12.4 Å². The minimum absolute atomic E-state index is 0.0548. The fourth-order valence-corrected chi connectivity index (χ4v) is 1.36. The number of Topliss-reactive ketones (excluding diaryl/α,β-unsaturated/α-hetero) is 1. The molecule has 0 saturated carbocycles. The number of hydrogen-bond donors (Lipinski definition) is 0. The van der Waals surface area contributed by atoms with E-state index in [0.29, 0.717) is 18.6 Å². The van der Waals surface area contributed by atoms with Crippen LogP contribution in [0.5, 0.6) is 5.75 Å². The highest BCUT2D eigenvalue weighted by atomic mass is 16.5. The van der Waals surface area contributed by atoms with Crippen LogP contribution < -0.4 is 4.74 Å². The van der Waals surface area contributed by atoms with Crippen molar-refractivity contribution in [1.29, 1.82) is 5.26 Å². The third-order valence-corrected chi connectivity index (χ3v) is 2.27. The van der Waals surface area contributed by atoms with Crippen molar-refractivity contribution in [3.8, 4) is 11.8 Å². The Kier molecular flexibility index (Phi) is 4.53. The molecule has 1 aromatic rings. The maximum absolute atomic E-state index is 11.1. The quantitative estimate of drug-likeness (QED) is 0.563. The Morgan fingerprint density at radius 2 is 2.25 bits per heavy atom. The Labute approximate surface area is 95.7 Å². The highest BCUT2D eigenvalue weighted by Gasteiger charge is 2.04. The molecule has 0 aliphatic heterocycles. The topological polar surface area (TPSA) is 50.1 Å². The molecule has 0 aromatic heterocycles. The second-order valence-corrected chi connectivity index (χ2v) is 3.65. The van der Waals surface area contributed by atoms with Gasteiger partial charge in [-0.3, -0.25) is 4.79 Å². The lowest BCUT2D eigenvalue weighted by Gasteiger charge is -2.08. The monoisotopic (exact) mass is 217 g/mol. The summed E-state index contributed by atoms with van der Waals surface area (Å²) in [5, 5.41) is 8.37. The van der Waals surface area contributed by atoms with Gasteiger partial charge in [0, 0.05) is 12.0 Å². The molecular weight excluding hydrogens is 202 g/mol. The van der Waals surface area contributed by atoms with Gasteiger partial charge in [-0.1, -0.05) is 0 Å². The molecule has 84 valence electrons. The van der Waals surface area contributed by atoms with Gasteiger partial charge in [-0.15, -0.1) is 0 Å². The minimum Gasteiger partial charge on any atom is -0.493 e. The van der Waals surface area contributed by atoms with Gasteiger partial charge in [-0.2, -0.15) is 5.26 Å². The fraction of sp³-hybridized carbons (Fsp3) is 0.385. The Morgan fingerprint density at radius 3 is 2.81 bits per heavy atom. The van der Waals surface area contributed by atoms with Crippen LogP contribution in [0.25, 0.3) is 0 Å². The summed E-state index contributed by atoms with van der Waals surface area (Å²) in [4.78, 5) is 11.1. The van der Waals surface area contributed by atoms with Gasteiger partial charge in [0.05, 0.1) is 12.7 Å². The normalized spacial score (nSPS) is 9.56. The molecule has 16 heavy (non-hydrogen) atoms. The van der Waals surface area contributed by atoms with Crippen molar-refractivity contribution >= 4 is 5.78 Å². The highest BCUT2D eigenvalue weighted by molar-refractivity contribution is 5.94. The summed E-state index contributed by atoms with van der Waals surface area (Å²) in [7, 11) is 0. The van der Waals surface area contributed by atoms with Crippen LogP contribution in [0.3, 0.4) is 0 Å². The molecule has 0 atom stereocenters. The van der Waals surface area contributed by atoms with E-state index in [1.807, 2.05) is 13.0 Å². The van der Waals surface area contributed by atoms with Crippen molar-refractivity contribution < 1.29 is 9.53 Å². The number of unbranched alkanes of at least 4 members (excludes halogenated alkanes) is 1. The van der Waals surface area contributed by atoms with Crippen LogP contribution >= 0.6 is 0 Å². The molecule has 0 radical (unpaired) electrons. The van der Waals surface area contributed by atoms with Crippen LogP contribution in [-0.2, 0) is 0 Å². The number of nitriles is 1. The molecule has 1 aromatic carbocycles. The van der Waals surface area contributed by atoms with Crippen molar-refractivity contribution in [2.45, 2.75) is 26.7 Å². The standard InChI is InChI=1S/C13H15NO2/c1-10-9-12(11(2)15)5-6-13(10)16-8-4-3-7-14/h5-6,9H,3-4,8H2,1-2H3. The van der Waals surface area contributed by atoms with E-state index in [2.05, 4.69) is 6.07 Å². The van der Waals surface area contributed by atoms with Crippen LogP contribution in [0.1, 0.15) is 35.7 Å². The first kappa shape index (κ1) is 12.3. The lowest BCUT2D eigenvalue weighted by Crippen LogP contribution is -2.00. The van der Waals surface area contributed by atoms with E-state index in [1.165, 1.54) is 0 Å². The molecule has 1 rings (SSSR count). The van der Waals surface area contributed by atoms with E-state index >= 15 is 0 Å². The largest absolute Gasteiger partial charge is 0.493 e. The molecule has 3 heteroatoms. The Bertz CT molecular complexity index is 418. The van der Waals surface area contributed by atoms with E-state index in [4.69, 9.17) is 10.00 Å². The van der Waals surface area contributed by atoms with Crippen molar-refractivity contribution in [2.24, 2.45) is 0 Å². The third kappa shape index (κ3) is 3.39. The van der Waals surface area contributed by atoms with E-state index in [1.54, 1.807) is 19.1 Å². The van der Waals surface area contributed by atoms with Crippen LogP contribution in [0.4, 0.5) is 0 Å². The summed E-state index contributed by atoms with van der Waals surface area (Å²) in [6, 6.07) is 7.45. The van der Waals surface area contributed by atoms with Gasteiger partial charge in [-0.25, -0.2) is 0 Å². The Balaban J connectivity index is 2.62. The number of rotatable bonds is 5. The molecule has 0 spiro atoms. The minimum atomic E-state index is 0.0548. The molecule has 0 amide bonds. The van der Waals surface area contributed by atoms with E-state index in [9.17, 15) is 4.79 Å². The summed E-state index contributed by atoms with van der Waals surface area (Å²) in [5.41, 5.74) is 1.64. The summed E-state index contributed by atoms with van der Waals surface area (Å²) in [6.07, 6.45) is 1.23. The summed E-state index contributed by atoms with van der Waals surface area (Å²) < 4.78 is 5.51. The summed E-state index contributed by atoms with van der Waals surface area (Å²) in [5.74, 6) is 0.835. The third-order valence-electron chi connectivity index (χ3n) is 2.27.